The van der Waals surface area contributed by atoms with Gasteiger partial charge in [-0.05, 0) is 0 Å². The molecule has 0 spiro atoms. The second-order valence-electron chi connectivity index (χ2n) is 2.62. The van der Waals surface area contributed by atoms with Gasteiger partial charge in [0.05, 0.1) is 0 Å². The van der Waals surface area contributed by atoms with Gasteiger partial charge in [0.25, 0.3) is 5.88 Å². The molecule has 0 aliphatic rings. The molecule has 0 amide bonds. The van der Waals surface area contributed by atoms with Gasteiger partial charge in [-0.3, -0.25) is 4.68 Å². The van der Waals surface area contributed by atoms with Crippen molar-refractivity contribution < 1.29 is 4.74 Å². The summed E-state index contributed by atoms with van der Waals surface area (Å²) in [5.41, 5.74) is 0.102. The zero-order chi connectivity index (χ0) is 10.7. The molecule has 2 rings (SSSR count). The molecule has 0 fully saturated rings. The van der Waals surface area contributed by atoms with Gasteiger partial charge in [0.1, 0.15) is 12.4 Å². The minimum atomic E-state index is 0.102. The summed E-state index contributed by atoms with van der Waals surface area (Å²) in [5, 5.41) is 12.6. The number of nitriles is 1. The van der Waals surface area contributed by atoms with Crippen molar-refractivity contribution in [1.82, 2.24) is 24.7 Å². The SMILES string of the molecule is Cn1cnc(Oc2nccnc2C#N)n1. The Hall–Kier alpha value is -2.49. The molecule has 2 aromatic rings. The van der Waals surface area contributed by atoms with Crippen molar-refractivity contribution in [2.75, 3.05) is 0 Å². The predicted octanol–water partition coefficient (Wildman–Crippen LogP) is 0.269. The number of ether oxygens (including phenoxy) is 1. The van der Waals surface area contributed by atoms with Crippen LogP contribution in [0.2, 0.25) is 0 Å². The lowest BCUT2D eigenvalue weighted by atomic mass is 10.5. The van der Waals surface area contributed by atoms with E-state index in [1.54, 1.807) is 7.05 Å². The molecule has 0 aliphatic carbocycles. The van der Waals surface area contributed by atoms with Crippen LogP contribution in [0.5, 0.6) is 11.9 Å². The normalized spacial score (nSPS) is 9.60. The molecule has 0 aliphatic heterocycles. The van der Waals surface area contributed by atoms with E-state index in [-0.39, 0.29) is 17.6 Å². The number of aryl methyl sites for hydroxylation is 1. The van der Waals surface area contributed by atoms with Crippen LogP contribution in [0, 0.1) is 11.3 Å². The Bertz CT molecular complexity index is 514. The molecule has 0 bridgehead atoms. The van der Waals surface area contributed by atoms with E-state index in [2.05, 4.69) is 20.1 Å². The van der Waals surface area contributed by atoms with Crippen LogP contribution >= 0.6 is 0 Å². The predicted molar refractivity (Wildman–Crippen MR) is 47.8 cm³/mol. The van der Waals surface area contributed by atoms with Crippen LogP contribution in [0.1, 0.15) is 5.69 Å². The first-order valence-electron chi connectivity index (χ1n) is 4.04. The second kappa shape index (κ2) is 3.71. The van der Waals surface area contributed by atoms with Crippen molar-refractivity contribution in [2.45, 2.75) is 0 Å². The maximum Gasteiger partial charge on any atom is 0.342 e. The summed E-state index contributed by atoms with van der Waals surface area (Å²) in [6.07, 6.45) is 4.33. The van der Waals surface area contributed by atoms with Crippen molar-refractivity contribution in [3.8, 4) is 18.0 Å². The van der Waals surface area contributed by atoms with E-state index in [9.17, 15) is 0 Å². The highest BCUT2D eigenvalue weighted by Crippen LogP contribution is 2.16. The fraction of sp³-hybridized carbons (Fsp3) is 0.125. The molecule has 2 heterocycles. The Labute approximate surface area is 85.0 Å². The lowest BCUT2D eigenvalue weighted by Crippen LogP contribution is -1.96. The van der Waals surface area contributed by atoms with Crippen LogP contribution in [0.15, 0.2) is 18.7 Å². The summed E-state index contributed by atoms with van der Waals surface area (Å²) in [7, 11) is 1.71. The minimum absolute atomic E-state index is 0.102. The minimum Gasteiger partial charge on any atom is -0.401 e. The Morgan fingerprint density at radius 2 is 2.13 bits per heavy atom. The summed E-state index contributed by atoms with van der Waals surface area (Å²) < 4.78 is 6.67. The fourth-order valence-corrected chi connectivity index (χ4v) is 0.929. The van der Waals surface area contributed by atoms with Crippen molar-refractivity contribution in [1.29, 1.82) is 5.26 Å². The number of hydrogen-bond acceptors (Lipinski definition) is 6. The number of hydrogen-bond donors (Lipinski definition) is 0. The van der Waals surface area contributed by atoms with Gasteiger partial charge in [0, 0.05) is 19.4 Å². The van der Waals surface area contributed by atoms with E-state index < -0.39 is 0 Å². The molecule has 0 unspecified atom stereocenters. The zero-order valence-electron chi connectivity index (χ0n) is 7.82. The van der Waals surface area contributed by atoms with Gasteiger partial charge in [0.15, 0.2) is 0 Å². The average Bonchev–Trinajstić information content (AvgIpc) is 2.65. The summed E-state index contributed by atoms with van der Waals surface area (Å²) >= 11 is 0. The van der Waals surface area contributed by atoms with Crippen molar-refractivity contribution in [3.63, 3.8) is 0 Å². The molecular formula is C8H6N6O. The van der Waals surface area contributed by atoms with Crippen LogP contribution in [0.3, 0.4) is 0 Å². The van der Waals surface area contributed by atoms with Gasteiger partial charge < -0.3 is 4.74 Å². The quantitative estimate of drug-likeness (QED) is 0.694. The third-order valence-electron chi connectivity index (χ3n) is 1.54. The van der Waals surface area contributed by atoms with Crippen molar-refractivity contribution in [2.24, 2.45) is 7.05 Å². The van der Waals surface area contributed by atoms with Crippen molar-refractivity contribution >= 4 is 0 Å². The first kappa shape index (κ1) is 9.08. The monoisotopic (exact) mass is 202 g/mol. The molecule has 0 aromatic carbocycles. The summed E-state index contributed by atoms with van der Waals surface area (Å²) in [6, 6.07) is 2.00. The maximum absolute atomic E-state index is 8.72. The molecule has 0 saturated carbocycles. The molecular weight excluding hydrogens is 196 g/mol. The Morgan fingerprint density at radius 3 is 2.80 bits per heavy atom. The van der Waals surface area contributed by atoms with Gasteiger partial charge >= 0.3 is 6.01 Å². The third-order valence-corrected chi connectivity index (χ3v) is 1.54. The zero-order valence-corrected chi connectivity index (χ0v) is 7.82. The van der Waals surface area contributed by atoms with Crippen LogP contribution in [-0.2, 0) is 7.05 Å². The molecule has 0 radical (unpaired) electrons. The smallest absolute Gasteiger partial charge is 0.342 e. The topological polar surface area (TPSA) is 89.5 Å². The number of rotatable bonds is 2. The second-order valence-corrected chi connectivity index (χ2v) is 2.62. The van der Waals surface area contributed by atoms with E-state index in [1.807, 2.05) is 6.07 Å². The van der Waals surface area contributed by atoms with Crippen LogP contribution in [0.25, 0.3) is 0 Å². The van der Waals surface area contributed by atoms with Gasteiger partial charge in [0.2, 0.25) is 5.69 Å². The first-order chi connectivity index (χ1) is 7.29. The van der Waals surface area contributed by atoms with E-state index in [0.29, 0.717) is 0 Å². The standard InChI is InChI=1S/C8H6N6O/c1-14-5-12-8(13-14)15-7-6(4-9)10-2-3-11-7/h2-3,5H,1H3. The molecule has 15 heavy (non-hydrogen) atoms. The van der Waals surface area contributed by atoms with Gasteiger partial charge in [-0.25, -0.2) is 9.97 Å². The molecule has 2 aromatic heterocycles. The molecule has 7 nitrogen and oxygen atoms in total. The molecule has 0 N–H and O–H groups in total. The Kier molecular flexibility index (Phi) is 2.25. The Morgan fingerprint density at radius 1 is 1.33 bits per heavy atom. The van der Waals surface area contributed by atoms with Crippen LogP contribution in [-0.4, -0.2) is 24.7 Å². The highest BCUT2D eigenvalue weighted by atomic mass is 16.5. The lowest BCUT2D eigenvalue weighted by molar-refractivity contribution is 0.418. The summed E-state index contributed by atoms with van der Waals surface area (Å²) in [6.45, 7) is 0. The molecule has 7 heteroatoms. The average molecular weight is 202 g/mol. The lowest BCUT2D eigenvalue weighted by Gasteiger charge is -1.99. The highest BCUT2D eigenvalue weighted by molar-refractivity contribution is 5.31. The van der Waals surface area contributed by atoms with Crippen molar-refractivity contribution in [3.05, 3.63) is 24.4 Å². The highest BCUT2D eigenvalue weighted by Gasteiger charge is 2.09. The molecule has 74 valence electrons. The maximum atomic E-state index is 8.72. The number of aromatic nitrogens is 5. The van der Waals surface area contributed by atoms with Gasteiger partial charge in [-0.15, -0.1) is 5.10 Å². The van der Waals surface area contributed by atoms with Gasteiger partial charge in [-0.1, -0.05) is 0 Å². The summed E-state index contributed by atoms with van der Waals surface area (Å²) in [5.74, 6) is 0.103. The fourth-order valence-electron chi connectivity index (χ4n) is 0.929. The summed E-state index contributed by atoms with van der Waals surface area (Å²) in [4.78, 5) is 11.5. The van der Waals surface area contributed by atoms with E-state index >= 15 is 0 Å². The molecule has 0 saturated heterocycles. The third kappa shape index (κ3) is 1.88. The van der Waals surface area contributed by atoms with Crippen LogP contribution < -0.4 is 4.74 Å². The van der Waals surface area contributed by atoms with Crippen LogP contribution in [0.4, 0.5) is 0 Å². The van der Waals surface area contributed by atoms with E-state index in [1.165, 1.54) is 23.4 Å². The Balaban J connectivity index is 2.28. The first-order valence-corrected chi connectivity index (χ1v) is 4.04. The largest absolute Gasteiger partial charge is 0.401 e. The number of nitrogens with zero attached hydrogens (tertiary/aromatic N) is 6. The van der Waals surface area contributed by atoms with Gasteiger partial charge in [-0.2, -0.15) is 10.2 Å². The molecule has 0 atom stereocenters. The van der Waals surface area contributed by atoms with E-state index in [0.717, 1.165) is 0 Å². The van der Waals surface area contributed by atoms with E-state index in [4.69, 9.17) is 10.00 Å².